The van der Waals surface area contributed by atoms with Gasteiger partial charge in [-0.3, -0.25) is 4.79 Å². The molecule has 1 atom stereocenters. The number of hydrogen-bond donors (Lipinski definition) is 1. The summed E-state index contributed by atoms with van der Waals surface area (Å²) in [7, 11) is 0. The van der Waals surface area contributed by atoms with Crippen LogP contribution in [0.15, 0.2) is 71.6 Å². The van der Waals surface area contributed by atoms with Gasteiger partial charge in [0.1, 0.15) is 5.78 Å². The third kappa shape index (κ3) is 5.12. The van der Waals surface area contributed by atoms with Crippen LogP contribution in [0.2, 0.25) is 0 Å². The normalized spacial score (nSPS) is 16.3. The second-order valence-corrected chi connectivity index (χ2v) is 11.1. The van der Waals surface area contributed by atoms with Gasteiger partial charge in [0.2, 0.25) is 6.79 Å². The molecule has 35 heavy (non-hydrogen) atoms. The van der Waals surface area contributed by atoms with Gasteiger partial charge in [0.15, 0.2) is 11.5 Å². The van der Waals surface area contributed by atoms with Crippen molar-refractivity contribution < 1.29 is 19.4 Å². The molecule has 5 rings (SSSR count). The molecule has 1 aliphatic carbocycles. The molecule has 0 amide bonds. The fourth-order valence-corrected chi connectivity index (χ4v) is 5.89. The zero-order valence-corrected chi connectivity index (χ0v) is 21.1. The van der Waals surface area contributed by atoms with Crippen LogP contribution in [-0.2, 0) is 16.6 Å². The Bertz CT molecular complexity index is 1200. The molecule has 3 aromatic carbocycles. The number of carbonyl (C=O) groups is 1. The Morgan fingerprint density at radius 3 is 2.46 bits per heavy atom. The van der Waals surface area contributed by atoms with Crippen molar-refractivity contribution in [3.8, 4) is 22.6 Å². The maximum atomic E-state index is 13.4. The summed E-state index contributed by atoms with van der Waals surface area (Å²) in [6.07, 6.45) is 2.20. The van der Waals surface area contributed by atoms with Gasteiger partial charge < -0.3 is 14.6 Å². The fraction of sp³-hybridized carbons (Fsp3) is 0.367. The predicted molar refractivity (Wildman–Crippen MR) is 140 cm³/mol. The zero-order valence-electron chi connectivity index (χ0n) is 20.3. The van der Waals surface area contributed by atoms with Crippen LogP contribution in [-0.4, -0.2) is 30.0 Å². The highest BCUT2D eigenvalue weighted by Gasteiger charge is 2.50. The summed E-state index contributed by atoms with van der Waals surface area (Å²) < 4.78 is 11.0. The van der Waals surface area contributed by atoms with E-state index in [9.17, 15) is 9.90 Å². The van der Waals surface area contributed by atoms with Crippen LogP contribution < -0.4 is 9.47 Å². The van der Waals surface area contributed by atoms with E-state index in [0.717, 1.165) is 52.3 Å². The van der Waals surface area contributed by atoms with E-state index in [-0.39, 0.29) is 19.2 Å². The molecule has 0 saturated heterocycles. The summed E-state index contributed by atoms with van der Waals surface area (Å²) in [5.41, 5.74) is 3.95. The third-order valence-corrected chi connectivity index (χ3v) is 8.53. The van der Waals surface area contributed by atoms with Gasteiger partial charge in [0, 0.05) is 23.7 Å². The molecule has 5 heteroatoms. The standard InChI is InChI=1S/C30H32O4S/c1-20(2)24(17-31)18-35-26-9-6-22(7-10-26)23-5-3-4-21(14-23)15-29(32)30(12-13-30)25-8-11-27-28(16-25)34-19-33-27/h3-11,14,16,20,24,31H,12-13,15,17-19H2,1-2H3/t24-/m1/s1. The van der Waals surface area contributed by atoms with Crippen LogP contribution in [0.25, 0.3) is 11.1 Å². The maximum Gasteiger partial charge on any atom is 0.231 e. The van der Waals surface area contributed by atoms with Crippen LogP contribution in [0.1, 0.15) is 37.8 Å². The molecule has 2 aliphatic rings. The van der Waals surface area contributed by atoms with Gasteiger partial charge in [-0.25, -0.2) is 0 Å². The minimum absolute atomic E-state index is 0.226. The average molecular weight is 489 g/mol. The second kappa shape index (κ2) is 10.1. The number of benzene rings is 3. The first kappa shape index (κ1) is 24.0. The number of thioether (sulfide) groups is 1. The van der Waals surface area contributed by atoms with E-state index < -0.39 is 5.41 Å². The number of Topliss-reactive ketones (excluding diaryl/α,β-unsaturated/α-hetero) is 1. The highest BCUT2D eigenvalue weighted by molar-refractivity contribution is 7.99. The van der Waals surface area contributed by atoms with Crippen molar-refractivity contribution in [2.45, 2.75) is 43.4 Å². The Morgan fingerprint density at radius 2 is 1.74 bits per heavy atom. The molecule has 1 heterocycles. The monoisotopic (exact) mass is 488 g/mol. The number of ether oxygens (including phenoxy) is 2. The molecule has 0 aromatic heterocycles. The van der Waals surface area contributed by atoms with Crippen molar-refractivity contribution in [3.05, 3.63) is 77.9 Å². The van der Waals surface area contributed by atoms with E-state index in [1.54, 1.807) is 11.8 Å². The number of carbonyl (C=O) groups excluding carboxylic acids is 1. The summed E-state index contributed by atoms with van der Waals surface area (Å²) in [6, 6.07) is 22.8. The Balaban J connectivity index is 1.26. The van der Waals surface area contributed by atoms with Crippen molar-refractivity contribution in [1.29, 1.82) is 0 Å². The molecule has 1 saturated carbocycles. The fourth-order valence-electron chi connectivity index (χ4n) is 4.67. The summed E-state index contributed by atoms with van der Waals surface area (Å²) in [6.45, 7) is 4.78. The Labute approximate surface area is 211 Å². The van der Waals surface area contributed by atoms with Gasteiger partial charge in [-0.1, -0.05) is 56.3 Å². The number of aliphatic hydroxyl groups excluding tert-OH is 1. The quantitative estimate of drug-likeness (QED) is 0.340. The number of hydrogen-bond acceptors (Lipinski definition) is 5. The Hall–Kier alpha value is -2.76. The Kier molecular flexibility index (Phi) is 6.90. The number of rotatable bonds is 10. The molecule has 3 aromatic rings. The lowest BCUT2D eigenvalue weighted by Crippen LogP contribution is -2.22. The number of fused-ring (bicyclic) bond motifs is 1. The molecule has 1 aliphatic heterocycles. The summed E-state index contributed by atoms with van der Waals surface area (Å²) in [5.74, 6) is 3.45. The van der Waals surface area contributed by atoms with Crippen LogP contribution in [0, 0.1) is 11.8 Å². The predicted octanol–water partition coefficient (Wildman–Crippen LogP) is 6.28. The molecular weight excluding hydrogens is 456 g/mol. The number of ketones is 1. The topological polar surface area (TPSA) is 55.8 Å². The first-order chi connectivity index (χ1) is 17.0. The Morgan fingerprint density at radius 1 is 0.971 bits per heavy atom. The zero-order chi connectivity index (χ0) is 24.4. The minimum Gasteiger partial charge on any atom is -0.454 e. The van der Waals surface area contributed by atoms with Crippen molar-refractivity contribution in [1.82, 2.24) is 0 Å². The number of aliphatic hydroxyl groups is 1. The molecule has 1 fully saturated rings. The summed E-state index contributed by atoms with van der Waals surface area (Å²) >= 11 is 1.79. The van der Waals surface area contributed by atoms with Crippen molar-refractivity contribution in [2.75, 3.05) is 19.2 Å². The lowest BCUT2D eigenvalue weighted by molar-refractivity contribution is -0.120. The van der Waals surface area contributed by atoms with Crippen LogP contribution in [0.4, 0.5) is 0 Å². The lowest BCUT2D eigenvalue weighted by Gasteiger charge is -2.17. The van der Waals surface area contributed by atoms with E-state index in [0.29, 0.717) is 18.3 Å². The van der Waals surface area contributed by atoms with Crippen molar-refractivity contribution >= 4 is 17.5 Å². The SMILES string of the molecule is CC(C)[C@H](CO)CSc1ccc(-c2cccc(CC(=O)C3(c4ccc5c(c4)OCO5)CC3)c2)cc1. The largest absolute Gasteiger partial charge is 0.454 e. The van der Waals surface area contributed by atoms with Gasteiger partial charge in [0.25, 0.3) is 0 Å². The molecule has 4 nitrogen and oxygen atoms in total. The van der Waals surface area contributed by atoms with E-state index in [2.05, 4.69) is 50.2 Å². The van der Waals surface area contributed by atoms with Crippen LogP contribution in [0.5, 0.6) is 11.5 Å². The highest BCUT2D eigenvalue weighted by Crippen LogP contribution is 2.51. The average Bonchev–Trinajstić information content (AvgIpc) is 3.55. The van der Waals surface area contributed by atoms with Crippen LogP contribution in [0.3, 0.4) is 0 Å². The molecule has 0 unspecified atom stereocenters. The first-order valence-electron chi connectivity index (χ1n) is 12.3. The van der Waals surface area contributed by atoms with Crippen LogP contribution >= 0.6 is 11.8 Å². The second-order valence-electron chi connectivity index (χ2n) is 9.97. The maximum absolute atomic E-state index is 13.4. The van der Waals surface area contributed by atoms with Gasteiger partial charge in [-0.2, -0.15) is 0 Å². The van der Waals surface area contributed by atoms with Gasteiger partial charge in [0.05, 0.1) is 5.41 Å². The van der Waals surface area contributed by atoms with Gasteiger partial charge >= 0.3 is 0 Å². The molecule has 0 radical (unpaired) electrons. The molecule has 182 valence electrons. The molecule has 0 spiro atoms. The van der Waals surface area contributed by atoms with Crippen molar-refractivity contribution in [3.63, 3.8) is 0 Å². The minimum atomic E-state index is -0.391. The molecule has 0 bridgehead atoms. The molecular formula is C30H32O4S. The van der Waals surface area contributed by atoms with E-state index >= 15 is 0 Å². The lowest BCUT2D eigenvalue weighted by atomic mass is 9.87. The van der Waals surface area contributed by atoms with Gasteiger partial charge in [-0.05, 0) is 71.2 Å². The smallest absolute Gasteiger partial charge is 0.231 e. The summed E-state index contributed by atoms with van der Waals surface area (Å²) in [4.78, 5) is 14.6. The highest BCUT2D eigenvalue weighted by atomic mass is 32.2. The third-order valence-electron chi connectivity index (χ3n) is 7.33. The van der Waals surface area contributed by atoms with Gasteiger partial charge in [-0.15, -0.1) is 11.8 Å². The summed E-state index contributed by atoms with van der Waals surface area (Å²) in [5, 5.41) is 9.56. The van der Waals surface area contributed by atoms with Crippen molar-refractivity contribution in [2.24, 2.45) is 11.8 Å². The van der Waals surface area contributed by atoms with E-state index in [1.165, 1.54) is 4.90 Å². The van der Waals surface area contributed by atoms with E-state index in [1.807, 2.05) is 30.3 Å². The molecule has 1 N–H and O–H groups in total. The first-order valence-corrected chi connectivity index (χ1v) is 13.3. The van der Waals surface area contributed by atoms with E-state index in [4.69, 9.17) is 9.47 Å².